The Morgan fingerprint density at radius 3 is 2.81 bits per heavy atom. The van der Waals surface area contributed by atoms with Crippen molar-refractivity contribution in [1.29, 1.82) is 0 Å². The first-order chi connectivity index (χ1) is 10.1. The van der Waals surface area contributed by atoms with Gasteiger partial charge in [-0.2, -0.15) is 0 Å². The van der Waals surface area contributed by atoms with Crippen molar-refractivity contribution in [2.75, 3.05) is 6.54 Å². The molecule has 4 nitrogen and oxygen atoms in total. The number of rotatable bonds is 2. The molecule has 1 saturated heterocycles. The molecule has 0 unspecified atom stereocenters. The molecular formula is C17H23N3O. The van der Waals surface area contributed by atoms with Gasteiger partial charge in [-0.1, -0.05) is 18.2 Å². The van der Waals surface area contributed by atoms with E-state index in [4.69, 9.17) is 0 Å². The number of pyridine rings is 1. The summed E-state index contributed by atoms with van der Waals surface area (Å²) in [6.07, 6.45) is 7.27. The minimum Gasteiger partial charge on any atom is -0.393 e. The summed E-state index contributed by atoms with van der Waals surface area (Å²) in [6.45, 7) is 5.04. The summed E-state index contributed by atoms with van der Waals surface area (Å²) in [6, 6.07) is 4.29. The first kappa shape index (κ1) is 14.3. The number of aryl methyl sites for hydroxylation is 1. The third-order valence-corrected chi connectivity index (χ3v) is 4.35. The molecule has 0 aromatic carbocycles. The SMILES string of the molecule is CC1=C([C@H]2C[C@@H](O)C[C@@H](c3ncccc3C)N2)NCC=C1. The highest BCUT2D eigenvalue weighted by Crippen LogP contribution is 2.29. The van der Waals surface area contributed by atoms with Gasteiger partial charge in [0.05, 0.1) is 23.9 Å². The molecule has 1 fully saturated rings. The molecule has 1 aromatic heterocycles. The molecule has 112 valence electrons. The molecule has 3 N–H and O–H groups in total. The second-order valence-corrected chi connectivity index (χ2v) is 5.98. The molecule has 3 rings (SSSR count). The van der Waals surface area contributed by atoms with Crippen molar-refractivity contribution in [2.45, 2.75) is 44.9 Å². The maximum Gasteiger partial charge on any atom is 0.0603 e. The Morgan fingerprint density at radius 2 is 2.05 bits per heavy atom. The highest BCUT2D eigenvalue weighted by Gasteiger charge is 2.32. The molecule has 0 amide bonds. The fraction of sp³-hybridized carbons (Fsp3) is 0.471. The number of aliphatic hydroxyl groups excluding tert-OH is 1. The highest BCUT2D eigenvalue weighted by molar-refractivity contribution is 5.32. The van der Waals surface area contributed by atoms with Crippen molar-refractivity contribution in [3.8, 4) is 0 Å². The quantitative estimate of drug-likeness (QED) is 0.778. The van der Waals surface area contributed by atoms with E-state index in [2.05, 4.69) is 47.7 Å². The largest absolute Gasteiger partial charge is 0.393 e. The topological polar surface area (TPSA) is 57.2 Å². The van der Waals surface area contributed by atoms with Crippen LogP contribution in [0.15, 0.2) is 41.8 Å². The van der Waals surface area contributed by atoms with Gasteiger partial charge in [-0.25, -0.2) is 0 Å². The third kappa shape index (κ3) is 3.01. The average molecular weight is 285 g/mol. The molecule has 2 aliphatic rings. The van der Waals surface area contributed by atoms with E-state index in [-0.39, 0.29) is 18.2 Å². The molecule has 21 heavy (non-hydrogen) atoms. The number of allylic oxidation sites excluding steroid dienone is 2. The normalized spacial score (nSPS) is 29.4. The Balaban J connectivity index is 1.85. The molecule has 4 heteroatoms. The highest BCUT2D eigenvalue weighted by atomic mass is 16.3. The van der Waals surface area contributed by atoms with Crippen molar-refractivity contribution in [3.05, 3.63) is 53.0 Å². The van der Waals surface area contributed by atoms with Gasteiger partial charge in [0.2, 0.25) is 0 Å². The van der Waals surface area contributed by atoms with Gasteiger partial charge in [-0.3, -0.25) is 4.98 Å². The van der Waals surface area contributed by atoms with Crippen LogP contribution in [-0.4, -0.2) is 28.8 Å². The van der Waals surface area contributed by atoms with E-state index >= 15 is 0 Å². The summed E-state index contributed by atoms with van der Waals surface area (Å²) in [7, 11) is 0. The summed E-state index contributed by atoms with van der Waals surface area (Å²) >= 11 is 0. The van der Waals surface area contributed by atoms with E-state index in [1.807, 2.05) is 12.3 Å². The Labute approximate surface area is 126 Å². The third-order valence-electron chi connectivity index (χ3n) is 4.35. The van der Waals surface area contributed by atoms with Crippen LogP contribution in [0.25, 0.3) is 0 Å². The van der Waals surface area contributed by atoms with Gasteiger partial charge in [-0.15, -0.1) is 0 Å². The molecule has 3 heterocycles. The molecule has 3 atom stereocenters. The number of hydrogen-bond donors (Lipinski definition) is 3. The molecule has 0 spiro atoms. The number of hydrogen-bond acceptors (Lipinski definition) is 4. The first-order valence-electron chi connectivity index (χ1n) is 7.62. The van der Waals surface area contributed by atoms with E-state index in [9.17, 15) is 5.11 Å². The van der Waals surface area contributed by atoms with Gasteiger partial charge in [0.25, 0.3) is 0 Å². The van der Waals surface area contributed by atoms with Crippen LogP contribution >= 0.6 is 0 Å². The molecule has 0 saturated carbocycles. The Hall–Kier alpha value is -1.65. The van der Waals surface area contributed by atoms with Crippen LogP contribution in [0, 0.1) is 6.92 Å². The predicted octanol–water partition coefficient (Wildman–Crippen LogP) is 1.98. The van der Waals surface area contributed by atoms with Gasteiger partial charge < -0.3 is 15.7 Å². The number of piperidine rings is 1. The molecular weight excluding hydrogens is 262 g/mol. The Kier molecular flexibility index (Phi) is 4.08. The smallest absolute Gasteiger partial charge is 0.0603 e. The van der Waals surface area contributed by atoms with Crippen LogP contribution in [0.3, 0.4) is 0 Å². The molecule has 0 bridgehead atoms. The molecule has 1 aromatic rings. The van der Waals surface area contributed by atoms with E-state index in [0.717, 1.165) is 25.1 Å². The van der Waals surface area contributed by atoms with Crippen LogP contribution in [0.5, 0.6) is 0 Å². The first-order valence-corrected chi connectivity index (χ1v) is 7.62. The van der Waals surface area contributed by atoms with Gasteiger partial charge >= 0.3 is 0 Å². The second-order valence-electron chi connectivity index (χ2n) is 5.98. The van der Waals surface area contributed by atoms with Crippen LogP contribution < -0.4 is 10.6 Å². The lowest BCUT2D eigenvalue weighted by Gasteiger charge is -2.37. The van der Waals surface area contributed by atoms with E-state index < -0.39 is 0 Å². The van der Waals surface area contributed by atoms with Crippen molar-refractivity contribution in [3.63, 3.8) is 0 Å². The van der Waals surface area contributed by atoms with Crippen molar-refractivity contribution >= 4 is 0 Å². The summed E-state index contributed by atoms with van der Waals surface area (Å²) in [5.41, 5.74) is 4.66. The van der Waals surface area contributed by atoms with Crippen molar-refractivity contribution < 1.29 is 5.11 Å². The monoisotopic (exact) mass is 285 g/mol. The minimum absolute atomic E-state index is 0.105. The molecule has 2 aliphatic heterocycles. The maximum atomic E-state index is 10.3. The minimum atomic E-state index is -0.296. The van der Waals surface area contributed by atoms with Crippen LogP contribution in [0.1, 0.15) is 37.1 Å². The molecule has 0 aliphatic carbocycles. The lowest BCUT2D eigenvalue weighted by molar-refractivity contribution is 0.0982. The average Bonchev–Trinajstić information content (AvgIpc) is 2.47. The van der Waals surface area contributed by atoms with E-state index in [1.165, 1.54) is 16.8 Å². The zero-order chi connectivity index (χ0) is 14.8. The van der Waals surface area contributed by atoms with Crippen molar-refractivity contribution in [1.82, 2.24) is 15.6 Å². The standard InChI is InChI=1S/C17H23N3O/c1-11-5-3-7-18-16(11)14-9-13(21)10-15(20-14)17-12(2)6-4-8-19-17/h3-7,13-15,19-21H,8-10H2,1-2H3/t13-,14-,15+/m0/s1. The van der Waals surface area contributed by atoms with Crippen molar-refractivity contribution in [2.24, 2.45) is 0 Å². The number of nitrogens with one attached hydrogen (secondary N) is 2. The molecule has 0 radical (unpaired) electrons. The zero-order valence-corrected chi connectivity index (χ0v) is 12.6. The number of aliphatic hydroxyl groups is 1. The lowest BCUT2D eigenvalue weighted by atomic mass is 9.89. The lowest BCUT2D eigenvalue weighted by Crippen LogP contribution is -2.47. The van der Waals surface area contributed by atoms with Gasteiger partial charge in [0.15, 0.2) is 0 Å². The Bertz CT molecular complexity index is 579. The predicted molar refractivity (Wildman–Crippen MR) is 83.7 cm³/mol. The zero-order valence-electron chi connectivity index (χ0n) is 12.6. The van der Waals surface area contributed by atoms with Gasteiger partial charge in [-0.05, 0) is 43.9 Å². The van der Waals surface area contributed by atoms with Crippen LogP contribution in [0.4, 0.5) is 0 Å². The number of nitrogens with zero attached hydrogens (tertiary/aromatic N) is 1. The Morgan fingerprint density at radius 1 is 1.24 bits per heavy atom. The summed E-state index contributed by atoms with van der Waals surface area (Å²) < 4.78 is 0. The summed E-state index contributed by atoms with van der Waals surface area (Å²) in [4.78, 5) is 4.51. The van der Waals surface area contributed by atoms with E-state index in [0.29, 0.717) is 0 Å². The summed E-state index contributed by atoms with van der Waals surface area (Å²) in [5, 5.41) is 17.4. The van der Waals surface area contributed by atoms with E-state index in [1.54, 1.807) is 0 Å². The number of dihydropyridines is 1. The van der Waals surface area contributed by atoms with Gasteiger partial charge in [0.1, 0.15) is 0 Å². The second kappa shape index (κ2) is 6.00. The van der Waals surface area contributed by atoms with Gasteiger partial charge in [0, 0.05) is 18.4 Å². The number of aromatic nitrogens is 1. The fourth-order valence-electron chi connectivity index (χ4n) is 3.31. The summed E-state index contributed by atoms with van der Waals surface area (Å²) in [5.74, 6) is 0. The fourth-order valence-corrected chi connectivity index (χ4v) is 3.31. The maximum absolute atomic E-state index is 10.3. The van der Waals surface area contributed by atoms with Crippen LogP contribution in [0.2, 0.25) is 0 Å². The van der Waals surface area contributed by atoms with Crippen LogP contribution in [-0.2, 0) is 0 Å².